The molecule has 0 saturated heterocycles. The normalized spacial score (nSPS) is 10.7. The number of carbonyl (C=O) groups excluding carboxylic acids is 2. The summed E-state index contributed by atoms with van der Waals surface area (Å²) in [5.74, 6) is -0.646. The van der Waals surface area contributed by atoms with Crippen molar-refractivity contribution in [1.29, 1.82) is 0 Å². The van der Waals surface area contributed by atoms with E-state index in [0.717, 1.165) is 38.5 Å². The summed E-state index contributed by atoms with van der Waals surface area (Å²) >= 11 is 0. The van der Waals surface area contributed by atoms with Crippen molar-refractivity contribution in [3.63, 3.8) is 0 Å². The lowest BCUT2D eigenvalue weighted by molar-refractivity contribution is 0.0933. The molecule has 0 bridgehead atoms. The molecular weight excluding hydrogens is 483 g/mol. The van der Waals surface area contributed by atoms with Crippen LogP contribution in [-0.2, 0) is 9.47 Å². The second-order valence-electron chi connectivity index (χ2n) is 8.39. The van der Waals surface area contributed by atoms with Gasteiger partial charge in [0, 0.05) is 10.8 Å². The van der Waals surface area contributed by atoms with E-state index in [2.05, 4.69) is 13.8 Å². The van der Waals surface area contributed by atoms with Crippen molar-refractivity contribution < 1.29 is 42.4 Å². The highest BCUT2D eigenvalue weighted by molar-refractivity contribution is 6.00. The van der Waals surface area contributed by atoms with Crippen LogP contribution in [0.2, 0.25) is 0 Å². The monoisotopic (exact) mass is 522 g/mol. The molecule has 0 fully saturated rings. The minimum atomic E-state index is -0.953. The van der Waals surface area contributed by atoms with E-state index in [-0.39, 0.29) is 60.2 Å². The van der Waals surface area contributed by atoms with Crippen LogP contribution in [0.25, 0.3) is 10.8 Å². The molecule has 0 aromatic heterocycles. The third kappa shape index (κ3) is 9.30. The first-order valence-corrected chi connectivity index (χ1v) is 13.2. The fourth-order valence-corrected chi connectivity index (χ4v) is 3.70. The van der Waals surface area contributed by atoms with E-state index in [1.54, 1.807) is 13.8 Å². The van der Waals surface area contributed by atoms with E-state index in [0.29, 0.717) is 12.8 Å². The highest BCUT2D eigenvalue weighted by atomic mass is 19.1. The molecule has 2 aromatic carbocycles. The number of ether oxygens (including phenoxy) is 6. The molecule has 206 valence electrons. The number of hydrogen-bond acceptors (Lipinski definition) is 8. The quantitative estimate of drug-likeness (QED) is 0.125. The second-order valence-corrected chi connectivity index (χ2v) is 8.39. The largest absolute Gasteiger partial charge is 0.513 e. The minimum absolute atomic E-state index is 0.00358. The van der Waals surface area contributed by atoms with E-state index >= 15 is 0 Å². The molecule has 2 rings (SSSR count). The van der Waals surface area contributed by atoms with E-state index in [1.165, 1.54) is 18.2 Å². The van der Waals surface area contributed by atoms with E-state index in [4.69, 9.17) is 28.4 Å². The van der Waals surface area contributed by atoms with Crippen molar-refractivity contribution in [2.75, 3.05) is 26.4 Å². The van der Waals surface area contributed by atoms with Gasteiger partial charge in [-0.25, -0.2) is 14.0 Å². The summed E-state index contributed by atoms with van der Waals surface area (Å²) in [4.78, 5) is 25.0. The molecule has 0 N–H and O–H groups in total. The highest BCUT2D eigenvalue weighted by Crippen LogP contribution is 2.51. The maximum atomic E-state index is 14.3. The Morgan fingerprint density at radius 1 is 0.649 bits per heavy atom. The number of halogens is 1. The fraction of sp³-hybridized carbons (Fsp3) is 0.571. The van der Waals surface area contributed by atoms with Gasteiger partial charge in [0.1, 0.15) is 5.82 Å². The predicted octanol–water partition coefficient (Wildman–Crippen LogP) is 7.97. The summed E-state index contributed by atoms with van der Waals surface area (Å²) in [5, 5.41) is 0.433. The highest BCUT2D eigenvalue weighted by Gasteiger charge is 2.28. The third-order valence-electron chi connectivity index (χ3n) is 5.47. The lowest BCUT2D eigenvalue weighted by Crippen LogP contribution is -2.15. The van der Waals surface area contributed by atoms with Crippen molar-refractivity contribution in [2.45, 2.75) is 79.1 Å². The summed E-state index contributed by atoms with van der Waals surface area (Å²) in [6.45, 7) is 8.41. The van der Waals surface area contributed by atoms with Gasteiger partial charge in [-0.15, -0.1) is 0 Å². The number of fused-ring (bicyclic) bond motifs is 1. The molecule has 0 atom stereocenters. The number of carbonyl (C=O) groups is 2. The molecule has 0 heterocycles. The van der Waals surface area contributed by atoms with Crippen LogP contribution in [0.3, 0.4) is 0 Å². The average Bonchev–Trinajstić information content (AvgIpc) is 2.87. The zero-order valence-corrected chi connectivity index (χ0v) is 22.4. The van der Waals surface area contributed by atoms with Crippen molar-refractivity contribution in [3.8, 4) is 23.0 Å². The molecular formula is C28H39FO8. The fourth-order valence-electron chi connectivity index (χ4n) is 3.70. The minimum Gasteiger partial charge on any atom is -0.487 e. The van der Waals surface area contributed by atoms with Gasteiger partial charge in [0.15, 0.2) is 11.5 Å². The van der Waals surface area contributed by atoms with Crippen LogP contribution in [0.1, 0.15) is 79.1 Å². The van der Waals surface area contributed by atoms with Gasteiger partial charge in [0.05, 0.1) is 26.4 Å². The Morgan fingerprint density at radius 2 is 1.14 bits per heavy atom. The van der Waals surface area contributed by atoms with Gasteiger partial charge < -0.3 is 28.4 Å². The molecule has 8 nitrogen and oxygen atoms in total. The number of hydrogen-bond donors (Lipinski definition) is 0. The lowest BCUT2D eigenvalue weighted by Gasteiger charge is -2.20. The van der Waals surface area contributed by atoms with Crippen molar-refractivity contribution in [2.24, 2.45) is 0 Å². The van der Waals surface area contributed by atoms with E-state index in [9.17, 15) is 14.0 Å². The summed E-state index contributed by atoms with van der Waals surface area (Å²) < 4.78 is 47.4. The molecule has 0 unspecified atom stereocenters. The van der Waals surface area contributed by atoms with Crippen LogP contribution in [-0.4, -0.2) is 38.7 Å². The van der Waals surface area contributed by atoms with Crippen LogP contribution in [0.15, 0.2) is 18.2 Å². The van der Waals surface area contributed by atoms with Crippen molar-refractivity contribution in [1.82, 2.24) is 0 Å². The predicted molar refractivity (Wildman–Crippen MR) is 138 cm³/mol. The van der Waals surface area contributed by atoms with Gasteiger partial charge >= 0.3 is 12.3 Å². The summed E-state index contributed by atoms with van der Waals surface area (Å²) in [7, 11) is 0. The van der Waals surface area contributed by atoms with Crippen LogP contribution in [0, 0.1) is 5.82 Å². The first-order valence-electron chi connectivity index (χ1n) is 13.2. The summed E-state index contributed by atoms with van der Waals surface area (Å²) in [5.41, 5.74) is 0. The SMILES string of the molecule is CCCCCCOC(=O)Oc1c(OCC)c(OCC)c(OC(=O)OCCCCCC)c2cc(F)ccc12. The van der Waals surface area contributed by atoms with Gasteiger partial charge in [-0.3, -0.25) is 0 Å². The summed E-state index contributed by atoms with van der Waals surface area (Å²) in [6, 6.07) is 3.79. The Kier molecular flexibility index (Phi) is 13.4. The maximum absolute atomic E-state index is 14.3. The Bertz CT molecular complexity index is 1010. The summed E-state index contributed by atoms with van der Waals surface area (Å²) in [6.07, 6.45) is 5.60. The number of rotatable bonds is 16. The lowest BCUT2D eigenvalue weighted by atomic mass is 10.1. The Morgan fingerprint density at radius 3 is 1.59 bits per heavy atom. The molecule has 0 amide bonds. The van der Waals surface area contributed by atoms with Gasteiger partial charge in [0.25, 0.3) is 0 Å². The van der Waals surface area contributed by atoms with Crippen LogP contribution in [0.5, 0.6) is 23.0 Å². The van der Waals surface area contributed by atoms with Crippen LogP contribution in [0.4, 0.5) is 14.0 Å². The molecule has 0 saturated carbocycles. The smallest absolute Gasteiger partial charge is 0.487 e. The third-order valence-corrected chi connectivity index (χ3v) is 5.47. The standard InChI is InChI=1S/C28H39FO8/c1-5-9-11-13-17-34-27(30)36-23-21-16-15-20(29)19-22(21)24(26(33-8-4)25(23)32-7-3)37-28(31)35-18-14-12-10-6-2/h15-16,19H,5-14,17-18H2,1-4H3. The topological polar surface area (TPSA) is 89.5 Å². The second kappa shape index (κ2) is 16.5. The Hall–Kier alpha value is -3.23. The van der Waals surface area contributed by atoms with Gasteiger partial charge in [-0.05, 0) is 44.9 Å². The first-order chi connectivity index (χ1) is 18.0. The van der Waals surface area contributed by atoms with Crippen LogP contribution < -0.4 is 18.9 Å². The van der Waals surface area contributed by atoms with Crippen molar-refractivity contribution in [3.05, 3.63) is 24.0 Å². The molecule has 0 aliphatic heterocycles. The molecule has 37 heavy (non-hydrogen) atoms. The molecule has 0 spiro atoms. The zero-order valence-electron chi connectivity index (χ0n) is 22.4. The number of benzene rings is 2. The Labute approximate surface area is 218 Å². The molecule has 0 aliphatic rings. The first kappa shape index (κ1) is 30.0. The molecule has 9 heteroatoms. The van der Waals surface area contributed by atoms with Crippen molar-refractivity contribution >= 4 is 23.1 Å². The van der Waals surface area contributed by atoms with Gasteiger partial charge in [-0.1, -0.05) is 52.4 Å². The Balaban J connectivity index is 2.42. The van der Waals surface area contributed by atoms with Crippen LogP contribution >= 0.6 is 0 Å². The van der Waals surface area contributed by atoms with Gasteiger partial charge in [-0.2, -0.15) is 0 Å². The average molecular weight is 523 g/mol. The van der Waals surface area contributed by atoms with E-state index in [1.807, 2.05) is 0 Å². The number of unbranched alkanes of at least 4 members (excludes halogenated alkanes) is 6. The van der Waals surface area contributed by atoms with Gasteiger partial charge in [0.2, 0.25) is 11.5 Å². The maximum Gasteiger partial charge on any atom is 0.513 e. The molecule has 0 radical (unpaired) electrons. The molecule has 0 aliphatic carbocycles. The van der Waals surface area contributed by atoms with E-state index < -0.39 is 18.1 Å². The zero-order chi connectivity index (χ0) is 27.0. The molecule has 2 aromatic rings.